The quantitative estimate of drug-likeness (QED) is 0.794. The van der Waals surface area contributed by atoms with Crippen molar-refractivity contribution in [1.82, 2.24) is 9.97 Å². The molecule has 1 aliphatic carbocycles. The average molecular weight is 256 g/mol. The smallest absolute Gasteiger partial charge is 0.135 e. The number of rotatable bonds is 5. The predicted molar refractivity (Wildman–Crippen MR) is 68.4 cm³/mol. The van der Waals surface area contributed by atoms with Gasteiger partial charge in [-0.1, -0.05) is 25.4 Å². The van der Waals surface area contributed by atoms with Crippen molar-refractivity contribution in [2.24, 2.45) is 5.92 Å². The van der Waals surface area contributed by atoms with Gasteiger partial charge in [0.25, 0.3) is 0 Å². The van der Waals surface area contributed by atoms with E-state index < -0.39 is 0 Å². The largest absolute Gasteiger partial charge is 0.391 e. The van der Waals surface area contributed by atoms with Gasteiger partial charge in [0.2, 0.25) is 0 Å². The minimum atomic E-state index is -0.286. The van der Waals surface area contributed by atoms with Crippen LogP contribution in [0.2, 0.25) is 5.15 Å². The number of anilines is 1. The Morgan fingerprint density at radius 3 is 2.76 bits per heavy atom. The van der Waals surface area contributed by atoms with Crippen molar-refractivity contribution in [1.29, 1.82) is 0 Å². The molecule has 2 N–H and O–H groups in total. The molecule has 94 valence electrons. The molecular weight excluding hydrogens is 238 g/mol. The fourth-order valence-corrected chi connectivity index (χ4v) is 1.83. The van der Waals surface area contributed by atoms with E-state index in [0.29, 0.717) is 23.4 Å². The molecule has 0 aliphatic heterocycles. The number of hydrogen-bond acceptors (Lipinski definition) is 4. The van der Waals surface area contributed by atoms with E-state index in [1.807, 2.05) is 13.8 Å². The van der Waals surface area contributed by atoms with Gasteiger partial charge in [0.15, 0.2) is 0 Å². The monoisotopic (exact) mass is 255 g/mol. The molecule has 1 aromatic heterocycles. The van der Waals surface area contributed by atoms with Crippen molar-refractivity contribution < 1.29 is 5.11 Å². The third-order valence-electron chi connectivity index (χ3n) is 2.89. The van der Waals surface area contributed by atoms with Crippen LogP contribution in [0.15, 0.2) is 6.07 Å². The van der Waals surface area contributed by atoms with E-state index in [0.717, 1.165) is 18.7 Å². The van der Waals surface area contributed by atoms with Gasteiger partial charge in [-0.05, 0) is 18.8 Å². The topological polar surface area (TPSA) is 58.0 Å². The van der Waals surface area contributed by atoms with Gasteiger partial charge in [-0.25, -0.2) is 9.97 Å². The van der Waals surface area contributed by atoms with Crippen molar-refractivity contribution in [3.8, 4) is 0 Å². The molecule has 1 unspecified atom stereocenters. The summed E-state index contributed by atoms with van der Waals surface area (Å²) >= 11 is 5.93. The Hall–Kier alpha value is -0.870. The summed E-state index contributed by atoms with van der Waals surface area (Å²) in [6, 6.07) is 1.69. The highest BCUT2D eigenvalue weighted by Gasteiger charge is 2.29. The molecule has 0 radical (unpaired) electrons. The van der Waals surface area contributed by atoms with E-state index in [2.05, 4.69) is 15.3 Å². The SMILES string of the molecule is CC(C)c1nc(Cl)cc(NCC(O)C2CC2)n1. The molecule has 1 aliphatic rings. The van der Waals surface area contributed by atoms with Crippen molar-refractivity contribution in [2.45, 2.75) is 38.7 Å². The Kier molecular flexibility index (Phi) is 3.84. The minimum Gasteiger partial charge on any atom is -0.391 e. The number of nitrogens with zero attached hydrogens (tertiary/aromatic N) is 2. The fourth-order valence-electron chi connectivity index (χ4n) is 1.64. The highest BCUT2D eigenvalue weighted by Crippen LogP contribution is 2.32. The van der Waals surface area contributed by atoms with Crippen molar-refractivity contribution in [3.05, 3.63) is 17.0 Å². The molecule has 1 heterocycles. The molecule has 4 nitrogen and oxygen atoms in total. The molecule has 1 atom stereocenters. The Balaban J connectivity index is 1.99. The summed E-state index contributed by atoms with van der Waals surface area (Å²) in [7, 11) is 0. The van der Waals surface area contributed by atoms with Crippen LogP contribution in [0.4, 0.5) is 5.82 Å². The first kappa shape index (κ1) is 12.6. The molecule has 2 rings (SSSR count). The van der Waals surface area contributed by atoms with Crippen molar-refractivity contribution >= 4 is 17.4 Å². The van der Waals surface area contributed by atoms with Gasteiger partial charge in [-0.15, -0.1) is 0 Å². The van der Waals surface area contributed by atoms with Gasteiger partial charge in [-0.3, -0.25) is 0 Å². The van der Waals surface area contributed by atoms with E-state index in [-0.39, 0.29) is 12.0 Å². The van der Waals surface area contributed by atoms with E-state index in [9.17, 15) is 5.11 Å². The maximum atomic E-state index is 9.76. The van der Waals surface area contributed by atoms with Gasteiger partial charge in [0, 0.05) is 18.5 Å². The molecule has 5 heteroatoms. The number of aliphatic hydroxyl groups is 1. The molecule has 0 aromatic carbocycles. The molecule has 0 bridgehead atoms. The predicted octanol–water partition coefficient (Wildman–Crippen LogP) is 2.44. The van der Waals surface area contributed by atoms with Crippen LogP contribution in [0.5, 0.6) is 0 Å². The summed E-state index contributed by atoms with van der Waals surface area (Å²) in [5, 5.41) is 13.3. The molecule has 1 aromatic rings. The third kappa shape index (κ3) is 3.54. The summed E-state index contributed by atoms with van der Waals surface area (Å²) in [6.45, 7) is 4.57. The second-order valence-corrected chi connectivity index (χ2v) is 5.26. The lowest BCUT2D eigenvalue weighted by atomic mass is 10.2. The first-order chi connectivity index (χ1) is 8.06. The number of aliphatic hydroxyl groups excluding tert-OH is 1. The summed E-state index contributed by atoms with van der Waals surface area (Å²) in [4.78, 5) is 8.53. The summed E-state index contributed by atoms with van der Waals surface area (Å²) < 4.78 is 0. The molecule has 17 heavy (non-hydrogen) atoms. The molecule has 0 amide bonds. The highest BCUT2D eigenvalue weighted by molar-refractivity contribution is 6.29. The van der Waals surface area contributed by atoms with Crippen LogP contribution in [0.3, 0.4) is 0 Å². The first-order valence-electron chi connectivity index (χ1n) is 6.02. The van der Waals surface area contributed by atoms with Crippen LogP contribution in [0.1, 0.15) is 38.4 Å². The van der Waals surface area contributed by atoms with E-state index >= 15 is 0 Å². The zero-order chi connectivity index (χ0) is 12.4. The number of halogens is 1. The van der Waals surface area contributed by atoms with Crippen LogP contribution in [0.25, 0.3) is 0 Å². The molecule has 1 fully saturated rings. The number of hydrogen-bond donors (Lipinski definition) is 2. The van der Waals surface area contributed by atoms with Crippen LogP contribution in [-0.4, -0.2) is 27.7 Å². The number of nitrogens with one attached hydrogen (secondary N) is 1. The lowest BCUT2D eigenvalue weighted by Crippen LogP contribution is -2.22. The van der Waals surface area contributed by atoms with E-state index in [1.165, 1.54) is 0 Å². The zero-order valence-electron chi connectivity index (χ0n) is 10.2. The van der Waals surface area contributed by atoms with Gasteiger partial charge >= 0.3 is 0 Å². The second kappa shape index (κ2) is 5.19. The minimum absolute atomic E-state index is 0.239. The highest BCUT2D eigenvalue weighted by atomic mass is 35.5. The summed E-state index contributed by atoms with van der Waals surface area (Å²) in [5.74, 6) is 2.11. The lowest BCUT2D eigenvalue weighted by molar-refractivity contribution is 0.164. The molecular formula is C12H18ClN3O. The molecule has 1 saturated carbocycles. The second-order valence-electron chi connectivity index (χ2n) is 4.87. The van der Waals surface area contributed by atoms with Crippen LogP contribution >= 0.6 is 11.6 Å². The maximum absolute atomic E-state index is 9.76. The Bertz CT molecular complexity index is 393. The fraction of sp³-hybridized carbons (Fsp3) is 0.667. The van der Waals surface area contributed by atoms with Gasteiger partial charge in [0.05, 0.1) is 6.10 Å². The van der Waals surface area contributed by atoms with Gasteiger partial charge < -0.3 is 10.4 Å². The maximum Gasteiger partial charge on any atom is 0.135 e. The molecule has 0 saturated heterocycles. The summed E-state index contributed by atoms with van der Waals surface area (Å²) in [6.07, 6.45) is 1.97. The Labute approximate surface area is 106 Å². The van der Waals surface area contributed by atoms with Gasteiger partial charge in [0.1, 0.15) is 16.8 Å². The van der Waals surface area contributed by atoms with E-state index in [1.54, 1.807) is 6.07 Å². The van der Waals surface area contributed by atoms with Crippen LogP contribution < -0.4 is 5.32 Å². The first-order valence-corrected chi connectivity index (χ1v) is 6.40. The Morgan fingerprint density at radius 2 is 2.18 bits per heavy atom. The molecule has 0 spiro atoms. The van der Waals surface area contributed by atoms with E-state index in [4.69, 9.17) is 11.6 Å². The number of aromatic nitrogens is 2. The summed E-state index contributed by atoms with van der Waals surface area (Å²) in [5.41, 5.74) is 0. The van der Waals surface area contributed by atoms with Crippen LogP contribution in [0, 0.1) is 5.92 Å². The van der Waals surface area contributed by atoms with Crippen LogP contribution in [-0.2, 0) is 0 Å². The zero-order valence-corrected chi connectivity index (χ0v) is 10.9. The normalized spacial score (nSPS) is 17.2. The standard InChI is InChI=1S/C12H18ClN3O/c1-7(2)12-15-10(13)5-11(16-12)14-6-9(17)8-3-4-8/h5,7-9,17H,3-4,6H2,1-2H3,(H,14,15,16). The lowest BCUT2D eigenvalue weighted by Gasteiger charge is -2.12. The van der Waals surface area contributed by atoms with Crippen molar-refractivity contribution in [2.75, 3.05) is 11.9 Å². The van der Waals surface area contributed by atoms with Gasteiger partial charge in [-0.2, -0.15) is 0 Å². The Morgan fingerprint density at radius 1 is 1.47 bits per heavy atom. The van der Waals surface area contributed by atoms with Crippen molar-refractivity contribution in [3.63, 3.8) is 0 Å². The average Bonchev–Trinajstić information content (AvgIpc) is 3.08. The third-order valence-corrected chi connectivity index (χ3v) is 3.08.